The first-order chi connectivity index (χ1) is 10.2. The minimum Gasteiger partial charge on any atom is -0.350 e. The lowest BCUT2D eigenvalue weighted by molar-refractivity contribution is 0.0927. The molecule has 21 heavy (non-hydrogen) atoms. The van der Waals surface area contributed by atoms with Crippen LogP contribution in [0, 0.1) is 6.92 Å². The fraction of sp³-hybridized carbons (Fsp3) is 0.188. The van der Waals surface area contributed by atoms with Crippen LogP contribution in [-0.4, -0.2) is 29.9 Å². The first kappa shape index (κ1) is 14.7. The van der Waals surface area contributed by atoms with E-state index >= 15 is 0 Å². The monoisotopic (exact) mass is 283 g/mol. The van der Waals surface area contributed by atoms with Crippen molar-refractivity contribution in [3.8, 4) is 0 Å². The predicted molar refractivity (Wildman–Crippen MR) is 80.1 cm³/mol. The zero-order valence-corrected chi connectivity index (χ0v) is 11.8. The predicted octanol–water partition coefficient (Wildman–Crippen LogP) is 1.55. The maximum Gasteiger partial charge on any atom is 0.251 e. The van der Waals surface area contributed by atoms with Gasteiger partial charge in [-0.3, -0.25) is 14.6 Å². The number of nitrogens with zero attached hydrogens (tertiary/aromatic N) is 1. The summed E-state index contributed by atoms with van der Waals surface area (Å²) < 4.78 is 0. The molecule has 0 saturated heterocycles. The first-order valence-electron chi connectivity index (χ1n) is 6.70. The topological polar surface area (TPSA) is 71.1 Å². The Bertz CT molecular complexity index is 609. The van der Waals surface area contributed by atoms with Gasteiger partial charge in [0.25, 0.3) is 11.8 Å². The summed E-state index contributed by atoms with van der Waals surface area (Å²) in [6.45, 7) is 2.72. The number of rotatable bonds is 5. The number of benzene rings is 1. The number of amides is 2. The van der Waals surface area contributed by atoms with E-state index in [9.17, 15) is 9.59 Å². The van der Waals surface area contributed by atoms with E-state index < -0.39 is 0 Å². The summed E-state index contributed by atoms with van der Waals surface area (Å²) in [4.78, 5) is 27.4. The second kappa shape index (κ2) is 7.19. The summed E-state index contributed by atoms with van der Waals surface area (Å²) in [6, 6.07) is 10.6. The molecule has 1 heterocycles. The van der Waals surface area contributed by atoms with Crippen molar-refractivity contribution in [1.29, 1.82) is 0 Å². The van der Waals surface area contributed by atoms with Gasteiger partial charge < -0.3 is 10.6 Å². The Hall–Kier alpha value is -2.69. The largest absolute Gasteiger partial charge is 0.350 e. The molecule has 2 aromatic rings. The van der Waals surface area contributed by atoms with Crippen LogP contribution in [0.3, 0.4) is 0 Å². The highest BCUT2D eigenvalue weighted by Gasteiger charge is 2.06. The number of nitrogens with one attached hydrogen (secondary N) is 2. The lowest BCUT2D eigenvalue weighted by Crippen LogP contribution is -2.34. The molecule has 2 rings (SSSR count). The Morgan fingerprint density at radius 1 is 0.857 bits per heavy atom. The molecule has 0 spiro atoms. The molecule has 2 N–H and O–H groups in total. The maximum absolute atomic E-state index is 11.8. The molecule has 1 aromatic carbocycles. The minimum absolute atomic E-state index is 0.145. The molecule has 0 unspecified atom stereocenters. The zero-order valence-electron chi connectivity index (χ0n) is 11.8. The second-order valence-electron chi connectivity index (χ2n) is 4.61. The third-order valence-corrected chi connectivity index (χ3v) is 2.95. The molecule has 2 amide bonds. The summed E-state index contributed by atoms with van der Waals surface area (Å²) in [7, 11) is 0. The van der Waals surface area contributed by atoms with Crippen molar-refractivity contribution in [3.63, 3.8) is 0 Å². The van der Waals surface area contributed by atoms with Crippen molar-refractivity contribution >= 4 is 11.8 Å². The molecule has 108 valence electrons. The molecule has 0 aliphatic rings. The van der Waals surface area contributed by atoms with E-state index in [0.29, 0.717) is 24.2 Å². The standard InChI is InChI=1S/C16H17N3O2/c1-12-2-4-13(5-3-12)15(20)18-10-11-19-16(21)14-6-8-17-9-7-14/h2-9H,10-11H2,1H3,(H,18,20)(H,19,21). The van der Waals surface area contributed by atoms with Crippen molar-refractivity contribution in [2.24, 2.45) is 0 Å². The summed E-state index contributed by atoms with van der Waals surface area (Å²) in [5.41, 5.74) is 2.27. The molecular weight excluding hydrogens is 266 g/mol. The van der Waals surface area contributed by atoms with E-state index in [2.05, 4.69) is 15.6 Å². The van der Waals surface area contributed by atoms with Gasteiger partial charge in [-0.1, -0.05) is 17.7 Å². The number of hydrogen-bond donors (Lipinski definition) is 2. The van der Waals surface area contributed by atoms with Crippen LogP contribution in [0.15, 0.2) is 48.8 Å². The SMILES string of the molecule is Cc1ccc(C(=O)NCCNC(=O)c2ccncc2)cc1. The van der Waals surface area contributed by atoms with E-state index in [0.717, 1.165) is 5.56 Å². The zero-order chi connectivity index (χ0) is 15.1. The number of pyridine rings is 1. The van der Waals surface area contributed by atoms with Gasteiger partial charge in [0.2, 0.25) is 0 Å². The molecule has 0 radical (unpaired) electrons. The Balaban J connectivity index is 1.73. The number of aromatic nitrogens is 1. The molecule has 0 fully saturated rings. The highest BCUT2D eigenvalue weighted by Crippen LogP contribution is 2.02. The van der Waals surface area contributed by atoms with Gasteiger partial charge in [0.05, 0.1) is 0 Å². The first-order valence-corrected chi connectivity index (χ1v) is 6.70. The van der Waals surface area contributed by atoms with Crippen molar-refractivity contribution in [2.45, 2.75) is 6.92 Å². The average Bonchev–Trinajstić information content (AvgIpc) is 2.52. The van der Waals surface area contributed by atoms with Gasteiger partial charge in [0, 0.05) is 36.6 Å². The van der Waals surface area contributed by atoms with Gasteiger partial charge in [0.1, 0.15) is 0 Å². The summed E-state index contributed by atoms with van der Waals surface area (Å²) in [5, 5.41) is 5.49. The van der Waals surface area contributed by atoms with Crippen LogP contribution < -0.4 is 10.6 Å². The van der Waals surface area contributed by atoms with Gasteiger partial charge in [-0.05, 0) is 31.2 Å². The molecule has 0 bridgehead atoms. The Kier molecular flexibility index (Phi) is 5.04. The molecule has 5 heteroatoms. The van der Waals surface area contributed by atoms with Gasteiger partial charge in [-0.2, -0.15) is 0 Å². The van der Waals surface area contributed by atoms with E-state index in [1.165, 1.54) is 0 Å². The maximum atomic E-state index is 11.8. The van der Waals surface area contributed by atoms with Crippen LogP contribution in [0.2, 0.25) is 0 Å². The van der Waals surface area contributed by atoms with Crippen LogP contribution in [0.1, 0.15) is 26.3 Å². The summed E-state index contributed by atoms with van der Waals surface area (Å²) in [5.74, 6) is -0.324. The van der Waals surface area contributed by atoms with Crippen molar-refractivity contribution in [2.75, 3.05) is 13.1 Å². The average molecular weight is 283 g/mol. The molecule has 0 aliphatic heterocycles. The minimum atomic E-state index is -0.179. The van der Waals surface area contributed by atoms with Crippen molar-refractivity contribution < 1.29 is 9.59 Å². The van der Waals surface area contributed by atoms with Gasteiger partial charge in [0.15, 0.2) is 0 Å². The van der Waals surface area contributed by atoms with Gasteiger partial charge >= 0.3 is 0 Å². The molecular formula is C16H17N3O2. The highest BCUT2D eigenvalue weighted by atomic mass is 16.2. The fourth-order valence-corrected chi connectivity index (χ4v) is 1.76. The second-order valence-corrected chi connectivity index (χ2v) is 4.61. The number of carbonyl (C=O) groups excluding carboxylic acids is 2. The fourth-order valence-electron chi connectivity index (χ4n) is 1.76. The summed E-state index contributed by atoms with van der Waals surface area (Å²) >= 11 is 0. The van der Waals surface area contributed by atoms with Crippen LogP contribution in [0.4, 0.5) is 0 Å². The lowest BCUT2D eigenvalue weighted by Gasteiger charge is -2.07. The van der Waals surface area contributed by atoms with Gasteiger partial charge in [-0.25, -0.2) is 0 Å². The van der Waals surface area contributed by atoms with Crippen LogP contribution in [0.25, 0.3) is 0 Å². The number of aryl methyl sites for hydroxylation is 1. The number of hydrogen-bond acceptors (Lipinski definition) is 3. The van der Waals surface area contributed by atoms with Crippen LogP contribution in [0.5, 0.6) is 0 Å². The Labute approximate surface area is 123 Å². The normalized spacial score (nSPS) is 9.95. The molecule has 0 aliphatic carbocycles. The third kappa shape index (κ3) is 4.42. The molecule has 5 nitrogen and oxygen atoms in total. The van der Waals surface area contributed by atoms with Gasteiger partial charge in [-0.15, -0.1) is 0 Å². The quantitative estimate of drug-likeness (QED) is 0.818. The molecule has 1 aromatic heterocycles. The smallest absolute Gasteiger partial charge is 0.251 e. The van der Waals surface area contributed by atoms with E-state index in [4.69, 9.17) is 0 Å². The Morgan fingerprint density at radius 2 is 1.33 bits per heavy atom. The van der Waals surface area contributed by atoms with Crippen LogP contribution >= 0.6 is 0 Å². The van der Waals surface area contributed by atoms with Crippen molar-refractivity contribution in [1.82, 2.24) is 15.6 Å². The highest BCUT2D eigenvalue weighted by molar-refractivity contribution is 5.95. The summed E-state index contributed by atoms with van der Waals surface area (Å²) in [6.07, 6.45) is 3.13. The third-order valence-electron chi connectivity index (χ3n) is 2.95. The van der Waals surface area contributed by atoms with E-state index in [-0.39, 0.29) is 11.8 Å². The molecule has 0 atom stereocenters. The lowest BCUT2D eigenvalue weighted by atomic mass is 10.1. The molecule has 0 saturated carbocycles. The van der Waals surface area contributed by atoms with Crippen molar-refractivity contribution in [3.05, 3.63) is 65.5 Å². The Morgan fingerprint density at radius 3 is 1.86 bits per heavy atom. The number of carbonyl (C=O) groups is 2. The van der Waals surface area contributed by atoms with E-state index in [1.807, 2.05) is 19.1 Å². The van der Waals surface area contributed by atoms with E-state index in [1.54, 1.807) is 36.7 Å². The van der Waals surface area contributed by atoms with Crippen LogP contribution in [-0.2, 0) is 0 Å².